The van der Waals surface area contributed by atoms with Crippen molar-refractivity contribution in [2.75, 3.05) is 13.1 Å². The van der Waals surface area contributed by atoms with Crippen LogP contribution in [0.25, 0.3) is 0 Å². The lowest BCUT2D eigenvalue weighted by Gasteiger charge is -2.17. The van der Waals surface area contributed by atoms with Crippen LogP contribution in [0.5, 0.6) is 0 Å². The van der Waals surface area contributed by atoms with Gasteiger partial charge in [0.2, 0.25) is 0 Å². The molecule has 0 aromatic heterocycles. The number of rotatable bonds is 7. The highest BCUT2D eigenvalue weighted by molar-refractivity contribution is 5.60. The summed E-state index contributed by atoms with van der Waals surface area (Å²) in [5.74, 6) is -1.08. The molecule has 0 spiro atoms. The zero-order valence-corrected chi connectivity index (χ0v) is 12.5. The van der Waals surface area contributed by atoms with Gasteiger partial charge in [-0.1, -0.05) is 32.6 Å². The molecule has 0 saturated carbocycles. The first kappa shape index (κ1) is 17.4. The Morgan fingerprint density at radius 2 is 1.78 bits per heavy atom. The largest absolute Gasteiger partial charge is 0.550 e. The van der Waals surface area contributed by atoms with Crippen molar-refractivity contribution in [1.29, 1.82) is 0 Å². The second-order valence-electron chi connectivity index (χ2n) is 5.46. The van der Waals surface area contributed by atoms with Gasteiger partial charge in [-0.25, -0.2) is 0 Å². The Morgan fingerprint density at radius 3 is 2.28 bits per heavy atom. The number of unbranched alkanes of at least 4 members (excludes halogenated alkanes) is 5. The molecular formula is C15H31NO2. The van der Waals surface area contributed by atoms with Gasteiger partial charge in [0.25, 0.3) is 0 Å². The molecule has 0 amide bonds. The number of aliphatic carboxylic acids is 1. The number of quaternary nitrogens is 1. The quantitative estimate of drug-likeness (QED) is 0.696. The van der Waals surface area contributed by atoms with Crippen LogP contribution < -0.4 is 10.0 Å². The summed E-state index contributed by atoms with van der Waals surface area (Å²) in [6, 6.07) is 0.950. The van der Waals surface area contributed by atoms with Gasteiger partial charge in [-0.05, 0) is 26.7 Å². The van der Waals surface area contributed by atoms with Gasteiger partial charge in [0.15, 0.2) is 0 Å². The van der Waals surface area contributed by atoms with Gasteiger partial charge < -0.3 is 14.8 Å². The third-order valence-corrected chi connectivity index (χ3v) is 3.68. The first-order valence-electron chi connectivity index (χ1n) is 7.60. The van der Waals surface area contributed by atoms with Crippen molar-refractivity contribution < 1.29 is 14.8 Å². The normalized spacial score (nSPS) is 22.4. The van der Waals surface area contributed by atoms with Gasteiger partial charge in [-0.2, -0.15) is 0 Å². The SMILES string of the molecule is CC(=O)[O-].CCCCCCCC[NH+]1CCCC1C. The molecule has 1 heterocycles. The molecule has 1 rings (SSSR count). The van der Waals surface area contributed by atoms with Crippen molar-refractivity contribution in [3.63, 3.8) is 0 Å². The number of nitrogens with one attached hydrogen (secondary N) is 1. The molecule has 1 aliphatic rings. The molecule has 2 unspecified atom stereocenters. The number of carbonyl (C=O) groups excluding carboxylic acids is 1. The summed E-state index contributed by atoms with van der Waals surface area (Å²) in [6.45, 7) is 8.55. The Labute approximate surface area is 113 Å². The Morgan fingerprint density at radius 1 is 1.22 bits per heavy atom. The van der Waals surface area contributed by atoms with Crippen LogP contribution in [0.15, 0.2) is 0 Å². The number of carboxylic acids is 1. The van der Waals surface area contributed by atoms with Gasteiger partial charge in [-0.3, -0.25) is 0 Å². The summed E-state index contributed by atoms with van der Waals surface area (Å²) >= 11 is 0. The highest BCUT2D eigenvalue weighted by atomic mass is 16.4. The molecule has 0 aromatic carbocycles. The summed E-state index contributed by atoms with van der Waals surface area (Å²) in [6.07, 6.45) is 11.6. The zero-order chi connectivity index (χ0) is 13.8. The third kappa shape index (κ3) is 10.6. The fourth-order valence-corrected chi connectivity index (χ4v) is 2.59. The van der Waals surface area contributed by atoms with Gasteiger partial charge in [-0.15, -0.1) is 0 Å². The van der Waals surface area contributed by atoms with E-state index in [2.05, 4.69) is 13.8 Å². The van der Waals surface area contributed by atoms with E-state index in [4.69, 9.17) is 9.90 Å². The van der Waals surface area contributed by atoms with Crippen LogP contribution in [-0.2, 0) is 4.79 Å². The molecule has 0 aromatic rings. The minimum Gasteiger partial charge on any atom is -0.550 e. The van der Waals surface area contributed by atoms with E-state index in [1.54, 1.807) is 0 Å². The van der Waals surface area contributed by atoms with Crippen LogP contribution in [-0.4, -0.2) is 25.1 Å². The second kappa shape index (κ2) is 11.5. The zero-order valence-electron chi connectivity index (χ0n) is 12.5. The van der Waals surface area contributed by atoms with Crippen molar-refractivity contribution in [1.82, 2.24) is 0 Å². The van der Waals surface area contributed by atoms with Crippen LogP contribution in [0.1, 0.15) is 72.1 Å². The Balaban J connectivity index is 0.000000631. The van der Waals surface area contributed by atoms with Crippen molar-refractivity contribution in [3.8, 4) is 0 Å². The van der Waals surface area contributed by atoms with Crippen LogP contribution in [0.4, 0.5) is 0 Å². The minimum absolute atomic E-state index is 0.950. The molecular weight excluding hydrogens is 226 g/mol. The Hall–Kier alpha value is -0.570. The average Bonchev–Trinajstić information content (AvgIpc) is 2.69. The summed E-state index contributed by atoms with van der Waals surface area (Å²) < 4.78 is 0. The van der Waals surface area contributed by atoms with E-state index in [1.807, 2.05) is 4.90 Å². The lowest BCUT2D eigenvalue weighted by atomic mass is 10.1. The highest BCUT2D eigenvalue weighted by Crippen LogP contribution is 2.04. The van der Waals surface area contributed by atoms with Crippen molar-refractivity contribution in [3.05, 3.63) is 0 Å². The topological polar surface area (TPSA) is 44.6 Å². The number of likely N-dealkylation sites (tertiary alicyclic amines) is 1. The predicted octanol–water partition coefficient (Wildman–Crippen LogP) is 1.17. The van der Waals surface area contributed by atoms with E-state index in [0.717, 1.165) is 13.0 Å². The fourth-order valence-electron chi connectivity index (χ4n) is 2.59. The monoisotopic (exact) mass is 257 g/mol. The summed E-state index contributed by atoms with van der Waals surface area (Å²) in [7, 11) is 0. The maximum absolute atomic E-state index is 8.89. The molecule has 1 fully saturated rings. The van der Waals surface area contributed by atoms with E-state index >= 15 is 0 Å². The van der Waals surface area contributed by atoms with Crippen LogP contribution >= 0.6 is 0 Å². The molecule has 0 radical (unpaired) electrons. The highest BCUT2D eigenvalue weighted by Gasteiger charge is 2.22. The summed E-state index contributed by atoms with van der Waals surface area (Å²) in [4.78, 5) is 10.8. The van der Waals surface area contributed by atoms with Crippen LogP contribution in [0, 0.1) is 0 Å². The fraction of sp³-hybridized carbons (Fsp3) is 0.933. The maximum atomic E-state index is 8.89. The lowest BCUT2D eigenvalue weighted by Crippen LogP contribution is -3.13. The molecule has 18 heavy (non-hydrogen) atoms. The second-order valence-corrected chi connectivity index (χ2v) is 5.46. The van der Waals surface area contributed by atoms with Crippen LogP contribution in [0.3, 0.4) is 0 Å². The summed E-state index contributed by atoms with van der Waals surface area (Å²) in [5, 5.41) is 8.89. The number of hydrogen-bond donors (Lipinski definition) is 1. The molecule has 1 aliphatic heterocycles. The molecule has 0 bridgehead atoms. The third-order valence-electron chi connectivity index (χ3n) is 3.68. The van der Waals surface area contributed by atoms with E-state index in [0.29, 0.717) is 0 Å². The van der Waals surface area contributed by atoms with E-state index in [-0.39, 0.29) is 0 Å². The smallest absolute Gasteiger partial charge is 0.0848 e. The molecule has 3 heteroatoms. The summed E-state index contributed by atoms with van der Waals surface area (Å²) in [5.41, 5.74) is 0. The first-order valence-corrected chi connectivity index (χ1v) is 7.60. The van der Waals surface area contributed by atoms with E-state index in [9.17, 15) is 0 Å². The predicted molar refractivity (Wildman–Crippen MR) is 73.4 cm³/mol. The van der Waals surface area contributed by atoms with E-state index < -0.39 is 5.97 Å². The van der Waals surface area contributed by atoms with Gasteiger partial charge in [0.1, 0.15) is 0 Å². The molecule has 0 aliphatic carbocycles. The molecule has 1 N–H and O–H groups in total. The molecule has 1 saturated heterocycles. The van der Waals surface area contributed by atoms with Gasteiger partial charge in [0, 0.05) is 18.8 Å². The first-order chi connectivity index (χ1) is 8.57. The average molecular weight is 257 g/mol. The maximum Gasteiger partial charge on any atom is 0.0848 e. The van der Waals surface area contributed by atoms with Crippen molar-refractivity contribution >= 4 is 5.97 Å². The number of carbonyl (C=O) groups is 1. The van der Waals surface area contributed by atoms with Gasteiger partial charge in [0.05, 0.1) is 19.1 Å². The van der Waals surface area contributed by atoms with Crippen molar-refractivity contribution in [2.45, 2.75) is 78.2 Å². The number of carboxylic acid groups (broad SMARTS) is 1. The minimum atomic E-state index is -1.08. The van der Waals surface area contributed by atoms with Gasteiger partial charge >= 0.3 is 0 Å². The molecule has 3 nitrogen and oxygen atoms in total. The van der Waals surface area contributed by atoms with Crippen LogP contribution in [0.2, 0.25) is 0 Å². The van der Waals surface area contributed by atoms with E-state index in [1.165, 1.54) is 64.5 Å². The molecule has 2 atom stereocenters. The van der Waals surface area contributed by atoms with Crippen molar-refractivity contribution in [2.24, 2.45) is 0 Å². The number of hydrogen-bond acceptors (Lipinski definition) is 2. The molecule has 108 valence electrons. The Bertz CT molecular complexity index is 203. The lowest BCUT2D eigenvalue weighted by molar-refractivity contribution is -0.910. The standard InChI is InChI=1S/C13H27N.C2H4O2/c1-3-4-5-6-7-8-11-14-12-9-10-13(14)2;1-2(3)4/h13H,3-12H2,1-2H3;1H3,(H,3,4). The Kier molecular flexibility index (Phi) is 11.2.